The Hall–Kier alpha value is -1.36. The first-order chi connectivity index (χ1) is 5.74. The molecule has 0 fully saturated rings. The van der Waals surface area contributed by atoms with Gasteiger partial charge < -0.3 is 15.3 Å². The van der Waals surface area contributed by atoms with Crippen LogP contribution in [-0.4, -0.2) is 22.6 Å². The molecule has 0 radical (unpaired) electrons. The highest BCUT2D eigenvalue weighted by Crippen LogP contribution is 2.05. The Balaban J connectivity index is 2.54. The van der Waals surface area contributed by atoms with Crippen molar-refractivity contribution in [2.24, 2.45) is 11.7 Å². The number of aliphatic carboxylic acids is 1. The van der Waals surface area contributed by atoms with Crippen molar-refractivity contribution < 1.29 is 14.3 Å². The van der Waals surface area contributed by atoms with Crippen molar-refractivity contribution in [3.63, 3.8) is 0 Å². The molecule has 0 aromatic carbocycles. The molecule has 5 heteroatoms. The van der Waals surface area contributed by atoms with Gasteiger partial charge in [0.2, 0.25) is 0 Å². The lowest BCUT2D eigenvalue weighted by Crippen LogP contribution is -2.25. The number of carbonyl (C=O) groups is 1. The second kappa shape index (κ2) is 3.87. The van der Waals surface area contributed by atoms with Crippen molar-refractivity contribution in [3.8, 4) is 0 Å². The van der Waals surface area contributed by atoms with Crippen LogP contribution >= 0.6 is 0 Å². The number of hydrogen-bond acceptors (Lipinski definition) is 4. The van der Waals surface area contributed by atoms with Crippen LogP contribution in [0.15, 0.2) is 17.1 Å². The van der Waals surface area contributed by atoms with Crippen molar-refractivity contribution in [3.05, 3.63) is 18.4 Å². The lowest BCUT2D eigenvalue weighted by atomic mass is 10.0. The zero-order chi connectivity index (χ0) is 8.97. The molecular formula is C7H10N2O3. The number of aromatic nitrogens is 1. The highest BCUT2D eigenvalue weighted by molar-refractivity contribution is 5.70. The minimum Gasteiger partial charge on any atom is -0.481 e. The Morgan fingerprint density at radius 1 is 1.83 bits per heavy atom. The van der Waals surface area contributed by atoms with Gasteiger partial charge in [0.15, 0.2) is 6.39 Å². The Morgan fingerprint density at radius 2 is 2.58 bits per heavy atom. The number of nitrogens with two attached hydrogens (primary N) is 1. The fourth-order valence-electron chi connectivity index (χ4n) is 0.862. The van der Waals surface area contributed by atoms with Gasteiger partial charge in [-0.1, -0.05) is 0 Å². The minimum absolute atomic E-state index is 0.113. The zero-order valence-electron chi connectivity index (χ0n) is 6.43. The normalized spacial score (nSPS) is 12.8. The molecule has 1 rings (SSSR count). The molecule has 1 heterocycles. The van der Waals surface area contributed by atoms with Crippen LogP contribution in [0, 0.1) is 5.92 Å². The van der Waals surface area contributed by atoms with Crippen LogP contribution in [0.4, 0.5) is 0 Å². The van der Waals surface area contributed by atoms with Crippen LogP contribution in [0.5, 0.6) is 0 Å². The number of rotatable bonds is 4. The second-order valence-corrected chi connectivity index (χ2v) is 2.45. The monoisotopic (exact) mass is 170 g/mol. The van der Waals surface area contributed by atoms with Crippen LogP contribution in [-0.2, 0) is 11.2 Å². The molecular weight excluding hydrogens is 160 g/mol. The highest BCUT2D eigenvalue weighted by atomic mass is 16.4. The quantitative estimate of drug-likeness (QED) is 0.657. The van der Waals surface area contributed by atoms with E-state index in [4.69, 9.17) is 15.3 Å². The summed E-state index contributed by atoms with van der Waals surface area (Å²) in [5.41, 5.74) is 5.87. The molecule has 1 unspecified atom stereocenters. The molecule has 66 valence electrons. The van der Waals surface area contributed by atoms with Gasteiger partial charge in [-0.3, -0.25) is 4.79 Å². The molecule has 3 N–H and O–H groups in total. The standard InChI is InChI=1S/C7H10N2O3/c8-2-5(7(10)11)1-6-3-12-4-9-6/h3-5H,1-2,8H2,(H,10,11). The van der Waals surface area contributed by atoms with Crippen molar-refractivity contribution in [2.45, 2.75) is 6.42 Å². The molecule has 0 aliphatic rings. The van der Waals surface area contributed by atoms with Crippen LogP contribution < -0.4 is 5.73 Å². The molecule has 1 atom stereocenters. The Morgan fingerprint density at radius 3 is 3.00 bits per heavy atom. The van der Waals surface area contributed by atoms with Crippen LogP contribution in [0.2, 0.25) is 0 Å². The number of nitrogens with zero attached hydrogens (tertiary/aromatic N) is 1. The van der Waals surface area contributed by atoms with E-state index in [9.17, 15) is 4.79 Å². The van der Waals surface area contributed by atoms with E-state index in [1.54, 1.807) is 0 Å². The number of hydrogen-bond donors (Lipinski definition) is 2. The number of oxazole rings is 1. The predicted octanol–water partition coefficient (Wildman–Crippen LogP) is -0.123. The van der Waals surface area contributed by atoms with Gasteiger partial charge in [-0.25, -0.2) is 4.98 Å². The Labute approximate surface area is 69.2 Å². The average molecular weight is 170 g/mol. The summed E-state index contributed by atoms with van der Waals surface area (Å²) >= 11 is 0. The van der Waals surface area contributed by atoms with Gasteiger partial charge in [0, 0.05) is 13.0 Å². The third-order valence-electron chi connectivity index (χ3n) is 1.57. The largest absolute Gasteiger partial charge is 0.481 e. The summed E-state index contributed by atoms with van der Waals surface area (Å²) in [7, 11) is 0. The van der Waals surface area contributed by atoms with Gasteiger partial charge >= 0.3 is 5.97 Å². The second-order valence-electron chi connectivity index (χ2n) is 2.45. The number of carboxylic acid groups (broad SMARTS) is 1. The van der Waals surface area contributed by atoms with Gasteiger partial charge in [-0.15, -0.1) is 0 Å². The zero-order valence-corrected chi connectivity index (χ0v) is 6.43. The third kappa shape index (κ3) is 2.06. The maximum absolute atomic E-state index is 10.5. The van der Waals surface area contributed by atoms with Crippen LogP contribution in [0.3, 0.4) is 0 Å². The summed E-state index contributed by atoms with van der Waals surface area (Å²) in [6.07, 6.45) is 3.01. The summed E-state index contributed by atoms with van der Waals surface area (Å²) in [6.45, 7) is 0.113. The summed E-state index contributed by atoms with van der Waals surface area (Å²) in [4.78, 5) is 14.3. The maximum atomic E-state index is 10.5. The molecule has 0 saturated carbocycles. The lowest BCUT2D eigenvalue weighted by Gasteiger charge is -2.05. The van der Waals surface area contributed by atoms with Crippen LogP contribution in [0.1, 0.15) is 5.69 Å². The molecule has 0 aliphatic heterocycles. The fraction of sp³-hybridized carbons (Fsp3) is 0.429. The van der Waals surface area contributed by atoms with E-state index in [1.807, 2.05) is 0 Å². The highest BCUT2D eigenvalue weighted by Gasteiger charge is 2.16. The molecule has 0 saturated heterocycles. The van der Waals surface area contributed by atoms with E-state index in [0.717, 1.165) is 0 Å². The minimum atomic E-state index is -0.902. The first-order valence-corrected chi connectivity index (χ1v) is 3.54. The third-order valence-corrected chi connectivity index (χ3v) is 1.57. The molecule has 0 aliphatic carbocycles. The maximum Gasteiger partial charge on any atom is 0.308 e. The summed E-state index contributed by atoms with van der Waals surface area (Å²) < 4.78 is 4.69. The van der Waals surface area contributed by atoms with E-state index >= 15 is 0 Å². The van der Waals surface area contributed by atoms with Gasteiger partial charge in [0.25, 0.3) is 0 Å². The Kier molecular flexibility index (Phi) is 2.82. The summed E-state index contributed by atoms with van der Waals surface area (Å²) in [5.74, 6) is -1.48. The molecule has 1 aromatic heterocycles. The number of carboxylic acids is 1. The van der Waals surface area contributed by atoms with Gasteiger partial charge in [0.05, 0.1) is 11.6 Å². The van der Waals surface area contributed by atoms with E-state index < -0.39 is 11.9 Å². The first-order valence-electron chi connectivity index (χ1n) is 3.54. The van der Waals surface area contributed by atoms with Gasteiger partial charge in [-0.05, 0) is 0 Å². The average Bonchev–Trinajstić information content (AvgIpc) is 2.51. The Bertz CT molecular complexity index is 245. The first kappa shape index (κ1) is 8.73. The van der Waals surface area contributed by atoms with Gasteiger partial charge in [-0.2, -0.15) is 0 Å². The molecule has 0 spiro atoms. The van der Waals surface area contributed by atoms with E-state index in [-0.39, 0.29) is 6.54 Å². The SMILES string of the molecule is NCC(Cc1cocn1)C(=O)O. The van der Waals surface area contributed by atoms with Gasteiger partial charge in [0.1, 0.15) is 6.26 Å². The van der Waals surface area contributed by atoms with Crippen molar-refractivity contribution in [2.75, 3.05) is 6.54 Å². The van der Waals surface area contributed by atoms with Crippen molar-refractivity contribution >= 4 is 5.97 Å². The van der Waals surface area contributed by atoms with E-state index in [2.05, 4.69) is 4.98 Å². The lowest BCUT2D eigenvalue weighted by molar-refractivity contribution is -0.141. The molecule has 0 bridgehead atoms. The molecule has 0 amide bonds. The topological polar surface area (TPSA) is 89.4 Å². The fourth-order valence-corrected chi connectivity index (χ4v) is 0.862. The van der Waals surface area contributed by atoms with E-state index in [1.165, 1.54) is 12.7 Å². The summed E-state index contributed by atoms with van der Waals surface area (Å²) in [5, 5.41) is 8.63. The van der Waals surface area contributed by atoms with Crippen molar-refractivity contribution in [1.29, 1.82) is 0 Å². The molecule has 12 heavy (non-hydrogen) atoms. The smallest absolute Gasteiger partial charge is 0.308 e. The van der Waals surface area contributed by atoms with Crippen LogP contribution in [0.25, 0.3) is 0 Å². The van der Waals surface area contributed by atoms with Crippen molar-refractivity contribution in [1.82, 2.24) is 4.98 Å². The van der Waals surface area contributed by atoms with E-state index in [0.29, 0.717) is 12.1 Å². The predicted molar refractivity (Wildman–Crippen MR) is 40.4 cm³/mol. The summed E-state index contributed by atoms with van der Waals surface area (Å²) in [6, 6.07) is 0. The molecule has 1 aromatic rings. The molecule has 5 nitrogen and oxygen atoms in total.